The van der Waals surface area contributed by atoms with Gasteiger partial charge in [0.25, 0.3) is 0 Å². The van der Waals surface area contributed by atoms with Crippen LogP contribution in [0.4, 0.5) is 0 Å². The van der Waals surface area contributed by atoms with Crippen LogP contribution >= 0.6 is 0 Å². The molecular weight excluding hydrogens is 286 g/mol. The lowest BCUT2D eigenvalue weighted by atomic mass is 9.96. The second kappa shape index (κ2) is 8.22. The van der Waals surface area contributed by atoms with Gasteiger partial charge >= 0.3 is 0 Å². The van der Waals surface area contributed by atoms with Crippen LogP contribution in [0.3, 0.4) is 0 Å². The molecule has 1 aromatic heterocycles. The third kappa shape index (κ3) is 5.33. The van der Waals surface area contributed by atoms with Crippen LogP contribution in [-0.2, 0) is 11.2 Å². The number of carbonyl (C=O) groups is 1. The molecule has 1 heterocycles. The molecule has 1 atom stereocenters. The average Bonchev–Trinajstić information content (AvgIpc) is 2.55. The van der Waals surface area contributed by atoms with Crippen LogP contribution in [0.1, 0.15) is 43.4 Å². The number of hydrogen-bond donors (Lipinski definition) is 1. The van der Waals surface area contributed by atoms with Crippen molar-refractivity contribution in [2.45, 2.75) is 33.1 Å². The van der Waals surface area contributed by atoms with Crippen molar-refractivity contribution in [1.82, 2.24) is 10.4 Å². The van der Waals surface area contributed by atoms with E-state index in [9.17, 15) is 4.79 Å². The van der Waals surface area contributed by atoms with Crippen LogP contribution in [0.5, 0.6) is 0 Å². The number of aromatic nitrogens is 1. The highest BCUT2D eigenvalue weighted by atomic mass is 16.2. The molecule has 0 saturated carbocycles. The zero-order valence-corrected chi connectivity index (χ0v) is 13.9. The van der Waals surface area contributed by atoms with Gasteiger partial charge in [-0.25, -0.2) is 5.43 Å². The van der Waals surface area contributed by atoms with Gasteiger partial charge in [0.05, 0.1) is 12.1 Å². The Morgan fingerprint density at radius 1 is 1.22 bits per heavy atom. The summed E-state index contributed by atoms with van der Waals surface area (Å²) in [5.41, 5.74) is 5.71. The van der Waals surface area contributed by atoms with Crippen molar-refractivity contribution in [2.24, 2.45) is 11.0 Å². The minimum Gasteiger partial charge on any atom is -0.272 e. The number of hydrogen-bond acceptors (Lipinski definition) is 3. The smallest absolute Gasteiger partial charge is 0.247 e. The van der Waals surface area contributed by atoms with E-state index in [0.29, 0.717) is 5.92 Å². The lowest BCUT2D eigenvalue weighted by Gasteiger charge is -2.11. The van der Waals surface area contributed by atoms with E-state index in [1.807, 2.05) is 31.2 Å². The van der Waals surface area contributed by atoms with Crippen molar-refractivity contribution < 1.29 is 4.79 Å². The fraction of sp³-hybridized carbons (Fsp3) is 0.316. The quantitative estimate of drug-likeness (QED) is 0.655. The molecule has 4 nitrogen and oxygen atoms in total. The van der Waals surface area contributed by atoms with E-state index in [4.69, 9.17) is 0 Å². The maximum absolute atomic E-state index is 12.2. The van der Waals surface area contributed by atoms with Crippen LogP contribution in [0.2, 0.25) is 0 Å². The second-order valence-electron chi connectivity index (χ2n) is 6.08. The predicted octanol–water partition coefficient (Wildman–Crippen LogP) is 3.53. The van der Waals surface area contributed by atoms with E-state index in [0.717, 1.165) is 17.5 Å². The SMILES string of the molecule is CC(C)Cc1ccc([C@@H](C)C(=O)N/N=C\c2cccnc2)cc1. The number of hydrazone groups is 1. The molecule has 0 saturated heterocycles. The first-order valence-electron chi connectivity index (χ1n) is 7.88. The van der Waals surface area contributed by atoms with Crippen LogP contribution in [0.15, 0.2) is 53.9 Å². The Bertz CT molecular complexity index is 648. The molecule has 1 amide bonds. The maximum Gasteiger partial charge on any atom is 0.247 e. The molecule has 1 N–H and O–H groups in total. The van der Waals surface area contributed by atoms with Crippen LogP contribution < -0.4 is 5.43 Å². The predicted molar refractivity (Wildman–Crippen MR) is 93.4 cm³/mol. The minimum absolute atomic E-state index is 0.123. The van der Waals surface area contributed by atoms with Crippen molar-refractivity contribution in [1.29, 1.82) is 0 Å². The van der Waals surface area contributed by atoms with Gasteiger partial charge in [-0.2, -0.15) is 5.10 Å². The summed E-state index contributed by atoms with van der Waals surface area (Å²) >= 11 is 0. The largest absolute Gasteiger partial charge is 0.272 e. The van der Waals surface area contributed by atoms with Gasteiger partial charge in [0.15, 0.2) is 0 Å². The molecule has 2 rings (SSSR count). The summed E-state index contributed by atoms with van der Waals surface area (Å²) in [7, 11) is 0. The molecule has 0 aliphatic rings. The molecule has 0 spiro atoms. The number of rotatable bonds is 6. The third-order valence-electron chi connectivity index (χ3n) is 3.59. The van der Waals surface area contributed by atoms with E-state index in [1.54, 1.807) is 18.6 Å². The van der Waals surface area contributed by atoms with Gasteiger partial charge in [0, 0.05) is 18.0 Å². The summed E-state index contributed by atoms with van der Waals surface area (Å²) in [5, 5.41) is 3.98. The van der Waals surface area contributed by atoms with Gasteiger partial charge in [0.2, 0.25) is 5.91 Å². The van der Waals surface area contributed by atoms with Gasteiger partial charge in [-0.1, -0.05) is 44.2 Å². The lowest BCUT2D eigenvalue weighted by Crippen LogP contribution is -2.23. The maximum atomic E-state index is 12.2. The normalized spacial score (nSPS) is 12.5. The molecule has 0 unspecified atom stereocenters. The summed E-state index contributed by atoms with van der Waals surface area (Å²) in [6.45, 7) is 6.28. The molecule has 0 radical (unpaired) electrons. The first-order valence-corrected chi connectivity index (χ1v) is 7.88. The van der Waals surface area contributed by atoms with E-state index >= 15 is 0 Å². The Morgan fingerprint density at radius 2 is 1.96 bits per heavy atom. The molecule has 0 aliphatic heterocycles. The van der Waals surface area contributed by atoms with Crippen molar-refractivity contribution >= 4 is 12.1 Å². The third-order valence-corrected chi connectivity index (χ3v) is 3.59. The number of amides is 1. The van der Waals surface area contributed by atoms with E-state index in [-0.39, 0.29) is 11.8 Å². The van der Waals surface area contributed by atoms with E-state index in [1.165, 1.54) is 5.56 Å². The molecular formula is C19H23N3O. The Hall–Kier alpha value is -2.49. The molecule has 2 aromatic rings. The average molecular weight is 309 g/mol. The Morgan fingerprint density at radius 3 is 2.57 bits per heavy atom. The highest BCUT2D eigenvalue weighted by molar-refractivity contribution is 5.85. The molecule has 1 aromatic carbocycles. The molecule has 0 fully saturated rings. The first kappa shape index (κ1) is 16.9. The van der Waals surface area contributed by atoms with Gasteiger partial charge in [-0.05, 0) is 36.5 Å². The summed E-state index contributed by atoms with van der Waals surface area (Å²) < 4.78 is 0. The monoisotopic (exact) mass is 309 g/mol. The summed E-state index contributed by atoms with van der Waals surface area (Å²) in [5.74, 6) is 0.263. The van der Waals surface area contributed by atoms with Crippen LogP contribution in [0, 0.1) is 5.92 Å². The highest BCUT2D eigenvalue weighted by Crippen LogP contribution is 2.17. The van der Waals surface area contributed by atoms with Crippen molar-refractivity contribution in [2.75, 3.05) is 0 Å². The van der Waals surface area contributed by atoms with Gasteiger partial charge < -0.3 is 0 Å². The molecule has 0 aliphatic carbocycles. The molecule has 120 valence electrons. The second-order valence-corrected chi connectivity index (χ2v) is 6.08. The highest BCUT2D eigenvalue weighted by Gasteiger charge is 2.14. The van der Waals surface area contributed by atoms with Crippen LogP contribution in [0.25, 0.3) is 0 Å². The number of benzene rings is 1. The van der Waals surface area contributed by atoms with Gasteiger partial charge in [-0.3, -0.25) is 9.78 Å². The van der Waals surface area contributed by atoms with Gasteiger partial charge in [-0.15, -0.1) is 0 Å². The zero-order chi connectivity index (χ0) is 16.7. The van der Waals surface area contributed by atoms with Crippen molar-refractivity contribution in [3.05, 3.63) is 65.5 Å². The minimum atomic E-state index is -0.242. The van der Waals surface area contributed by atoms with Crippen LogP contribution in [-0.4, -0.2) is 17.1 Å². The topological polar surface area (TPSA) is 54.4 Å². The van der Waals surface area contributed by atoms with E-state index in [2.05, 4.69) is 41.5 Å². The fourth-order valence-corrected chi connectivity index (χ4v) is 2.28. The fourth-order valence-electron chi connectivity index (χ4n) is 2.28. The number of pyridine rings is 1. The Kier molecular flexibility index (Phi) is 6.03. The summed E-state index contributed by atoms with van der Waals surface area (Å²) in [4.78, 5) is 16.1. The lowest BCUT2D eigenvalue weighted by molar-refractivity contribution is -0.122. The number of nitrogens with zero attached hydrogens (tertiary/aromatic N) is 2. The first-order chi connectivity index (χ1) is 11.1. The number of carbonyl (C=O) groups excluding carboxylic acids is 1. The van der Waals surface area contributed by atoms with E-state index < -0.39 is 0 Å². The molecule has 0 bridgehead atoms. The summed E-state index contributed by atoms with van der Waals surface area (Å²) in [6, 6.07) is 11.9. The Balaban J connectivity index is 1.92. The van der Waals surface area contributed by atoms with Crippen molar-refractivity contribution in [3.63, 3.8) is 0 Å². The number of nitrogens with one attached hydrogen (secondary N) is 1. The summed E-state index contributed by atoms with van der Waals surface area (Å²) in [6.07, 6.45) is 6.02. The Labute approximate surface area is 137 Å². The molecule has 23 heavy (non-hydrogen) atoms. The zero-order valence-electron chi connectivity index (χ0n) is 13.9. The van der Waals surface area contributed by atoms with Gasteiger partial charge in [0.1, 0.15) is 0 Å². The molecule has 4 heteroatoms. The van der Waals surface area contributed by atoms with Crippen molar-refractivity contribution in [3.8, 4) is 0 Å². The standard InChI is InChI=1S/C19H23N3O/c1-14(2)11-16-6-8-18(9-7-16)15(3)19(23)22-21-13-17-5-4-10-20-12-17/h4-10,12-15H,11H2,1-3H3,(H,22,23)/b21-13-/t15-/m1/s1.